The van der Waals surface area contributed by atoms with Gasteiger partial charge in [0.1, 0.15) is 5.82 Å². The summed E-state index contributed by atoms with van der Waals surface area (Å²) < 4.78 is 13.2. The second kappa shape index (κ2) is 4.02. The van der Waals surface area contributed by atoms with Gasteiger partial charge in [-0.3, -0.25) is 4.79 Å². The number of aliphatic carboxylic acids is 1. The van der Waals surface area contributed by atoms with E-state index >= 15 is 0 Å². The molecule has 0 bridgehead atoms. The van der Waals surface area contributed by atoms with E-state index in [0.717, 1.165) is 24.1 Å². The standard InChI is InChI=1S/C13H16FNO2/c1-15(2)11-7-9(14)3-4-10(11)13(5-6-13)8-12(16)17/h3-4,7H,5-6,8H2,1-2H3,(H,16,17). The largest absolute Gasteiger partial charge is 0.481 e. The minimum atomic E-state index is -0.795. The minimum Gasteiger partial charge on any atom is -0.481 e. The van der Waals surface area contributed by atoms with Gasteiger partial charge < -0.3 is 10.0 Å². The van der Waals surface area contributed by atoms with Crippen LogP contribution in [0.3, 0.4) is 0 Å². The van der Waals surface area contributed by atoms with E-state index in [0.29, 0.717) is 0 Å². The van der Waals surface area contributed by atoms with Crippen molar-refractivity contribution in [3.05, 3.63) is 29.6 Å². The molecule has 0 aromatic heterocycles. The Labute approximate surface area is 99.9 Å². The summed E-state index contributed by atoms with van der Waals surface area (Å²) >= 11 is 0. The molecule has 1 saturated carbocycles. The fourth-order valence-electron chi connectivity index (χ4n) is 2.30. The van der Waals surface area contributed by atoms with Gasteiger partial charge in [0, 0.05) is 25.2 Å². The van der Waals surface area contributed by atoms with Crippen molar-refractivity contribution < 1.29 is 14.3 Å². The van der Waals surface area contributed by atoms with E-state index in [2.05, 4.69) is 0 Å². The summed E-state index contributed by atoms with van der Waals surface area (Å²) in [4.78, 5) is 12.7. The van der Waals surface area contributed by atoms with Gasteiger partial charge in [0.15, 0.2) is 0 Å². The average Bonchev–Trinajstić information content (AvgIpc) is 2.97. The molecule has 0 aliphatic heterocycles. The summed E-state index contributed by atoms with van der Waals surface area (Å²) in [6, 6.07) is 4.60. The molecule has 0 saturated heterocycles. The van der Waals surface area contributed by atoms with E-state index in [1.165, 1.54) is 12.1 Å². The SMILES string of the molecule is CN(C)c1cc(F)ccc1C1(CC(=O)O)CC1. The van der Waals surface area contributed by atoms with Crippen LogP contribution in [-0.2, 0) is 10.2 Å². The number of nitrogens with zero attached hydrogens (tertiary/aromatic N) is 1. The van der Waals surface area contributed by atoms with Gasteiger partial charge in [0.05, 0.1) is 6.42 Å². The van der Waals surface area contributed by atoms with Crippen LogP contribution in [-0.4, -0.2) is 25.2 Å². The highest BCUT2D eigenvalue weighted by Gasteiger charge is 2.47. The van der Waals surface area contributed by atoms with Crippen molar-refractivity contribution in [3.8, 4) is 0 Å². The van der Waals surface area contributed by atoms with Gasteiger partial charge in [-0.15, -0.1) is 0 Å². The van der Waals surface area contributed by atoms with E-state index in [1.807, 2.05) is 19.0 Å². The lowest BCUT2D eigenvalue weighted by molar-refractivity contribution is -0.137. The number of carbonyl (C=O) groups is 1. The second-order valence-electron chi connectivity index (χ2n) is 4.91. The highest BCUT2D eigenvalue weighted by atomic mass is 19.1. The number of hydrogen-bond acceptors (Lipinski definition) is 2. The zero-order chi connectivity index (χ0) is 12.6. The highest BCUT2D eigenvalue weighted by Crippen LogP contribution is 2.53. The molecule has 1 fully saturated rings. The molecule has 1 N–H and O–H groups in total. The van der Waals surface area contributed by atoms with Crippen LogP contribution >= 0.6 is 0 Å². The number of hydrogen-bond donors (Lipinski definition) is 1. The lowest BCUT2D eigenvalue weighted by atomic mass is 9.90. The van der Waals surface area contributed by atoms with E-state index in [9.17, 15) is 9.18 Å². The number of anilines is 1. The maximum Gasteiger partial charge on any atom is 0.304 e. The fraction of sp³-hybridized carbons (Fsp3) is 0.462. The number of halogens is 1. The molecule has 1 aliphatic carbocycles. The predicted molar refractivity (Wildman–Crippen MR) is 63.9 cm³/mol. The third-order valence-electron chi connectivity index (χ3n) is 3.36. The summed E-state index contributed by atoms with van der Waals surface area (Å²) in [6.07, 6.45) is 1.86. The zero-order valence-corrected chi connectivity index (χ0v) is 10.0. The molecule has 2 rings (SSSR count). The zero-order valence-electron chi connectivity index (χ0n) is 10.0. The van der Waals surface area contributed by atoms with Crippen LogP contribution in [0.4, 0.5) is 10.1 Å². The molecule has 17 heavy (non-hydrogen) atoms. The molecule has 1 aromatic rings. The molecular weight excluding hydrogens is 221 g/mol. The van der Waals surface area contributed by atoms with Crippen molar-refractivity contribution in [1.29, 1.82) is 0 Å². The summed E-state index contributed by atoms with van der Waals surface area (Å²) in [5.41, 5.74) is 1.45. The summed E-state index contributed by atoms with van der Waals surface area (Å²) in [5, 5.41) is 8.95. The number of rotatable bonds is 4. The molecule has 1 aromatic carbocycles. The van der Waals surface area contributed by atoms with Crippen LogP contribution in [0.2, 0.25) is 0 Å². The van der Waals surface area contributed by atoms with Gasteiger partial charge in [-0.1, -0.05) is 6.07 Å². The van der Waals surface area contributed by atoms with E-state index in [4.69, 9.17) is 5.11 Å². The van der Waals surface area contributed by atoms with Crippen molar-refractivity contribution in [2.45, 2.75) is 24.7 Å². The average molecular weight is 237 g/mol. The lowest BCUT2D eigenvalue weighted by Crippen LogP contribution is -2.19. The van der Waals surface area contributed by atoms with Gasteiger partial charge in [-0.05, 0) is 30.5 Å². The molecule has 92 valence electrons. The molecule has 0 atom stereocenters. The topological polar surface area (TPSA) is 40.5 Å². The normalized spacial score (nSPS) is 16.6. The molecule has 0 radical (unpaired) electrons. The van der Waals surface area contributed by atoms with Gasteiger partial charge in [0.2, 0.25) is 0 Å². The van der Waals surface area contributed by atoms with Crippen LogP contribution in [0.25, 0.3) is 0 Å². The quantitative estimate of drug-likeness (QED) is 0.874. The first-order chi connectivity index (χ1) is 7.94. The molecule has 4 heteroatoms. The Morgan fingerprint density at radius 3 is 2.59 bits per heavy atom. The Bertz CT molecular complexity index is 453. The van der Waals surface area contributed by atoms with Crippen molar-refractivity contribution >= 4 is 11.7 Å². The Hall–Kier alpha value is -1.58. The Morgan fingerprint density at radius 2 is 2.12 bits per heavy atom. The maximum absolute atomic E-state index is 13.2. The van der Waals surface area contributed by atoms with E-state index in [1.54, 1.807) is 6.07 Å². The van der Waals surface area contributed by atoms with Crippen molar-refractivity contribution in [2.75, 3.05) is 19.0 Å². The molecule has 3 nitrogen and oxygen atoms in total. The minimum absolute atomic E-state index is 0.124. The van der Waals surface area contributed by atoms with Crippen molar-refractivity contribution in [1.82, 2.24) is 0 Å². The number of carboxylic acids is 1. The first kappa shape index (κ1) is 11.9. The summed E-state index contributed by atoms with van der Waals surface area (Å²) in [5.74, 6) is -1.08. The first-order valence-corrected chi connectivity index (χ1v) is 5.64. The van der Waals surface area contributed by atoms with Crippen molar-refractivity contribution in [2.24, 2.45) is 0 Å². The number of benzene rings is 1. The van der Waals surface area contributed by atoms with Gasteiger partial charge in [-0.2, -0.15) is 0 Å². The molecule has 1 aliphatic rings. The third-order valence-corrected chi connectivity index (χ3v) is 3.36. The van der Waals surface area contributed by atoms with E-state index < -0.39 is 5.97 Å². The Morgan fingerprint density at radius 1 is 1.47 bits per heavy atom. The second-order valence-corrected chi connectivity index (χ2v) is 4.91. The molecule has 0 spiro atoms. The lowest BCUT2D eigenvalue weighted by Gasteiger charge is -2.22. The van der Waals surface area contributed by atoms with Gasteiger partial charge >= 0.3 is 5.97 Å². The van der Waals surface area contributed by atoms with Crippen LogP contribution in [0.15, 0.2) is 18.2 Å². The van der Waals surface area contributed by atoms with E-state index in [-0.39, 0.29) is 17.7 Å². The van der Waals surface area contributed by atoms with Gasteiger partial charge in [0.25, 0.3) is 0 Å². The first-order valence-electron chi connectivity index (χ1n) is 5.64. The molecule has 0 amide bonds. The monoisotopic (exact) mass is 237 g/mol. The summed E-state index contributed by atoms with van der Waals surface area (Å²) in [7, 11) is 3.68. The van der Waals surface area contributed by atoms with Gasteiger partial charge in [-0.25, -0.2) is 4.39 Å². The maximum atomic E-state index is 13.2. The van der Waals surface area contributed by atoms with Crippen LogP contribution in [0, 0.1) is 5.82 Å². The highest BCUT2D eigenvalue weighted by molar-refractivity contribution is 5.72. The van der Waals surface area contributed by atoms with Crippen LogP contribution in [0.5, 0.6) is 0 Å². The van der Waals surface area contributed by atoms with Crippen molar-refractivity contribution in [3.63, 3.8) is 0 Å². The third kappa shape index (κ3) is 2.25. The fourth-order valence-corrected chi connectivity index (χ4v) is 2.30. The Balaban J connectivity index is 2.41. The predicted octanol–water partition coefficient (Wildman–Crippen LogP) is 2.40. The molecular formula is C13H16FNO2. The van der Waals surface area contributed by atoms with Crippen LogP contribution in [0.1, 0.15) is 24.8 Å². The van der Waals surface area contributed by atoms with Crippen LogP contribution < -0.4 is 4.90 Å². The number of carboxylic acid groups (broad SMARTS) is 1. The molecule has 0 unspecified atom stereocenters. The Kier molecular flexibility index (Phi) is 2.81. The smallest absolute Gasteiger partial charge is 0.304 e. The molecule has 0 heterocycles. The summed E-state index contributed by atoms with van der Waals surface area (Å²) in [6.45, 7) is 0.